The number of halogens is 1. The van der Waals surface area contributed by atoms with E-state index in [9.17, 15) is 4.79 Å². The molecule has 0 atom stereocenters. The number of hydrogen-bond donors (Lipinski definition) is 1. The van der Waals surface area contributed by atoms with Crippen molar-refractivity contribution in [2.45, 2.75) is 13.5 Å². The van der Waals surface area contributed by atoms with Gasteiger partial charge in [0.1, 0.15) is 0 Å². The standard InChI is InChI=1S/C14H15BrN2OS/c1-9-3-4-11(16)6-13(9)14(18)17(2)7-12-5-10(15)8-19-12/h3-6,8H,7,16H2,1-2H3. The van der Waals surface area contributed by atoms with Gasteiger partial charge in [0.2, 0.25) is 0 Å². The van der Waals surface area contributed by atoms with Crippen molar-refractivity contribution in [2.75, 3.05) is 12.8 Å². The maximum Gasteiger partial charge on any atom is 0.254 e. The van der Waals surface area contributed by atoms with Crippen molar-refractivity contribution in [3.05, 3.63) is 50.1 Å². The predicted molar refractivity (Wildman–Crippen MR) is 83.4 cm³/mol. The van der Waals surface area contributed by atoms with Gasteiger partial charge in [-0.15, -0.1) is 11.3 Å². The molecule has 19 heavy (non-hydrogen) atoms. The Labute approximate surface area is 125 Å². The number of amides is 1. The Kier molecular flexibility index (Phi) is 4.27. The van der Waals surface area contributed by atoms with Crippen molar-refractivity contribution in [1.29, 1.82) is 0 Å². The molecule has 0 unspecified atom stereocenters. The summed E-state index contributed by atoms with van der Waals surface area (Å²) >= 11 is 5.05. The molecule has 2 rings (SSSR count). The van der Waals surface area contributed by atoms with E-state index in [-0.39, 0.29) is 5.91 Å². The molecule has 0 aliphatic rings. The molecule has 100 valence electrons. The number of carbonyl (C=O) groups is 1. The molecule has 0 spiro atoms. The van der Waals surface area contributed by atoms with Crippen molar-refractivity contribution in [3.63, 3.8) is 0 Å². The molecule has 0 saturated carbocycles. The molecule has 2 N–H and O–H groups in total. The fourth-order valence-corrected chi connectivity index (χ4v) is 3.32. The molecule has 0 radical (unpaired) electrons. The molecule has 2 aromatic rings. The Bertz CT molecular complexity index is 609. The van der Waals surface area contributed by atoms with Crippen molar-refractivity contribution in [2.24, 2.45) is 0 Å². The fourth-order valence-electron chi connectivity index (χ4n) is 1.82. The van der Waals surface area contributed by atoms with Gasteiger partial charge in [-0.3, -0.25) is 4.79 Å². The molecule has 0 fully saturated rings. The lowest BCUT2D eigenvalue weighted by atomic mass is 10.1. The molecule has 0 bridgehead atoms. The Morgan fingerprint density at radius 1 is 1.42 bits per heavy atom. The van der Waals surface area contributed by atoms with Crippen LogP contribution in [0.15, 0.2) is 34.1 Å². The highest BCUT2D eigenvalue weighted by Gasteiger charge is 2.15. The first-order chi connectivity index (χ1) is 8.97. The Morgan fingerprint density at radius 2 is 2.16 bits per heavy atom. The monoisotopic (exact) mass is 338 g/mol. The van der Waals surface area contributed by atoms with Crippen molar-refractivity contribution in [3.8, 4) is 0 Å². The maximum atomic E-state index is 12.4. The number of nitrogens with zero attached hydrogens (tertiary/aromatic N) is 1. The second-order valence-corrected chi connectivity index (χ2v) is 6.38. The summed E-state index contributed by atoms with van der Waals surface area (Å²) in [5.74, 6) is -0.00526. The van der Waals surface area contributed by atoms with Crippen LogP contribution in [0.5, 0.6) is 0 Å². The minimum absolute atomic E-state index is 0.00526. The van der Waals surface area contributed by atoms with Crippen LogP contribution < -0.4 is 5.73 Å². The molecular weight excluding hydrogens is 324 g/mol. The first kappa shape index (κ1) is 14.1. The van der Waals surface area contributed by atoms with Gasteiger partial charge in [0.25, 0.3) is 5.91 Å². The number of nitrogen functional groups attached to an aromatic ring is 1. The average Bonchev–Trinajstić information content (AvgIpc) is 2.77. The normalized spacial score (nSPS) is 10.5. The lowest BCUT2D eigenvalue weighted by Crippen LogP contribution is -2.26. The fraction of sp³-hybridized carbons (Fsp3) is 0.214. The lowest BCUT2D eigenvalue weighted by Gasteiger charge is -2.17. The lowest BCUT2D eigenvalue weighted by molar-refractivity contribution is 0.0786. The highest BCUT2D eigenvalue weighted by atomic mass is 79.9. The summed E-state index contributed by atoms with van der Waals surface area (Å²) < 4.78 is 1.05. The average molecular weight is 339 g/mol. The summed E-state index contributed by atoms with van der Waals surface area (Å²) in [5.41, 5.74) is 7.97. The highest BCUT2D eigenvalue weighted by Crippen LogP contribution is 2.22. The van der Waals surface area contributed by atoms with E-state index in [1.54, 1.807) is 29.4 Å². The van der Waals surface area contributed by atoms with Gasteiger partial charge in [-0.05, 0) is 46.6 Å². The minimum Gasteiger partial charge on any atom is -0.399 e. The second kappa shape index (κ2) is 5.75. The zero-order valence-electron chi connectivity index (χ0n) is 10.8. The van der Waals surface area contributed by atoms with Gasteiger partial charge in [0, 0.05) is 33.0 Å². The highest BCUT2D eigenvalue weighted by molar-refractivity contribution is 9.10. The zero-order chi connectivity index (χ0) is 14.0. The third-order valence-electron chi connectivity index (χ3n) is 2.85. The van der Waals surface area contributed by atoms with E-state index < -0.39 is 0 Å². The number of hydrogen-bond acceptors (Lipinski definition) is 3. The van der Waals surface area contributed by atoms with Crippen LogP contribution in [0.1, 0.15) is 20.8 Å². The van der Waals surface area contributed by atoms with Crippen LogP contribution in [0, 0.1) is 6.92 Å². The number of carbonyl (C=O) groups excluding carboxylic acids is 1. The summed E-state index contributed by atoms with van der Waals surface area (Å²) in [6.45, 7) is 2.52. The molecule has 1 aromatic carbocycles. The van der Waals surface area contributed by atoms with Crippen LogP contribution in [0.2, 0.25) is 0 Å². The van der Waals surface area contributed by atoms with Crippen LogP contribution in [-0.2, 0) is 6.54 Å². The van der Waals surface area contributed by atoms with Crippen LogP contribution in [0.25, 0.3) is 0 Å². The van der Waals surface area contributed by atoms with E-state index in [0.29, 0.717) is 17.8 Å². The molecule has 1 heterocycles. The van der Waals surface area contributed by atoms with Gasteiger partial charge in [0.15, 0.2) is 0 Å². The number of rotatable bonds is 3. The van der Waals surface area contributed by atoms with E-state index in [0.717, 1.165) is 14.9 Å². The second-order valence-electron chi connectivity index (χ2n) is 4.47. The first-order valence-electron chi connectivity index (χ1n) is 5.82. The van der Waals surface area contributed by atoms with Gasteiger partial charge >= 0.3 is 0 Å². The van der Waals surface area contributed by atoms with E-state index in [1.165, 1.54) is 0 Å². The number of thiophene rings is 1. The Balaban J connectivity index is 2.16. The summed E-state index contributed by atoms with van der Waals surface area (Å²) in [7, 11) is 1.80. The SMILES string of the molecule is Cc1ccc(N)cc1C(=O)N(C)Cc1cc(Br)cs1. The van der Waals surface area contributed by atoms with Crippen LogP contribution >= 0.6 is 27.3 Å². The molecule has 0 aliphatic heterocycles. The van der Waals surface area contributed by atoms with Gasteiger partial charge in [-0.25, -0.2) is 0 Å². The van der Waals surface area contributed by atoms with E-state index in [2.05, 4.69) is 15.9 Å². The minimum atomic E-state index is -0.00526. The predicted octanol–water partition coefficient (Wildman–Crippen LogP) is 3.67. The molecule has 1 amide bonds. The number of nitrogens with two attached hydrogens (primary N) is 1. The van der Waals surface area contributed by atoms with Crippen LogP contribution in [0.3, 0.4) is 0 Å². The number of aryl methyl sites for hydroxylation is 1. The van der Waals surface area contributed by atoms with Crippen molar-refractivity contribution < 1.29 is 4.79 Å². The topological polar surface area (TPSA) is 46.3 Å². The third-order valence-corrected chi connectivity index (χ3v) is 4.54. The summed E-state index contributed by atoms with van der Waals surface area (Å²) in [4.78, 5) is 15.2. The molecule has 5 heteroatoms. The summed E-state index contributed by atoms with van der Waals surface area (Å²) in [6.07, 6.45) is 0. The summed E-state index contributed by atoms with van der Waals surface area (Å²) in [5, 5.41) is 2.01. The van der Waals surface area contributed by atoms with Crippen molar-refractivity contribution >= 4 is 38.9 Å². The zero-order valence-corrected chi connectivity index (χ0v) is 13.2. The molecule has 1 aromatic heterocycles. The Hall–Kier alpha value is -1.33. The van der Waals surface area contributed by atoms with Gasteiger partial charge < -0.3 is 10.6 Å². The quantitative estimate of drug-likeness (QED) is 0.868. The molecular formula is C14H15BrN2OS. The van der Waals surface area contributed by atoms with Crippen LogP contribution in [0.4, 0.5) is 5.69 Å². The molecule has 3 nitrogen and oxygen atoms in total. The number of benzene rings is 1. The summed E-state index contributed by atoms with van der Waals surface area (Å²) in [6, 6.07) is 7.44. The van der Waals surface area contributed by atoms with Gasteiger partial charge in [0.05, 0.1) is 6.54 Å². The molecule has 0 aliphatic carbocycles. The third kappa shape index (κ3) is 3.36. The number of anilines is 1. The van der Waals surface area contributed by atoms with E-state index in [1.807, 2.05) is 30.5 Å². The van der Waals surface area contributed by atoms with Crippen molar-refractivity contribution in [1.82, 2.24) is 4.90 Å². The van der Waals surface area contributed by atoms with E-state index >= 15 is 0 Å². The first-order valence-corrected chi connectivity index (χ1v) is 7.49. The maximum absolute atomic E-state index is 12.4. The van der Waals surface area contributed by atoms with Gasteiger partial charge in [-0.2, -0.15) is 0 Å². The smallest absolute Gasteiger partial charge is 0.254 e. The molecule has 0 saturated heterocycles. The van der Waals surface area contributed by atoms with Gasteiger partial charge in [-0.1, -0.05) is 6.07 Å². The van der Waals surface area contributed by atoms with E-state index in [4.69, 9.17) is 5.73 Å². The van der Waals surface area contributed by atoms with Crippen LogP contribution in [-0.4, -0.2) is 17.9 Å². The largest absolute Gasteiger partial charge is 0.399 e. The Morgan fingerprint density at radius 3 is 2.79 bits per heavy atom.